The first kappa shape index (κ1) is 21.3. The topological polar surface area (TPSA) is 80.0 Å². The molecule has 0 aliphatic rings. The van der Waals surface area contributed by atoms with Crippen molar-refractivity contribution in [1.82, 2.24) is 5.32 Å². The first-order valence-electron chi connectivity index (χ1n) is 9.13. The van der Waals surface area contributed by atoms with Gasteiger partial charge in [-0.3, -0.25) is 20.5 Å². The van der Waals surface area contributed by atoms with Gasteiger partial charge in [-0.15, -0.1) is 0 Å². The van der Waals surface area contributed by atoms with E-state index in [1.54, 1.807) is 30.3 Å². The van der Waals surface area contributed by atoms with E-state index in [1.807, 2.05) is 34.6 Å². The first-order chi connectivity index (χ1) is 13.0. The highest BCUT2D eigenvalue weighted by molar-refractivity contribution is 6.11. The molecule has 2 aromatic rings. The van der Waals surface area contributed by atoms with Gasteiger partial charge in [0.25, 0.3) is 5.91 Å². The molecule has 0 aliphatic heterocycles. The molecule has 148 valence electrons. The minimum Gasteiger partial charge on any atom is -0.347 e. The number of nitrogens with one attached hydrogen (secondary N) is 3. The summed E-state index contributed by atoms with van der Waals surface area (Å²) in [6, 6.07) is 11.2. The third-order valence-electron chi connectivity index (χ3n) is 4.06. The maximum absolute atomic E-state index is 13.3. The molecule has 0 bridgehead atoms. The summed E-state index contributed by atoms with van der Waals surface area (Å²) < 4.78 is 13.3. The number of nitrogens with zero attached hydrogens (tertiary/aromatic N) is 1. The van der Waals surface area contributed by atoms with E-state index in [4.69, 9.17) is 10.8 Å². The maximum atomic E-state index is 13.3. The average Bonchev–Trinajstić information content (AvgIpc) is 2.61. The summed E-state index contributed by atoms with van der Waals surface area (Å²) in [5, 5.41) is 19.0. The van der Waals surface area contributed by atoms with Crippen LogP contribution in [0.5, 0.6) is 0 Å². The molecule has 0 saturated carbocycles. The molecule has 28 heavy (non-hydrogen) atoms. The van der Waals surface area contributed by atoms with E-state index in [1.165, 1.54) is 17.0 Å². The lowest BCUT2D eigenvalue weighted by atomic mass is 10.00. The normalized spacial score (nSPS) is 11.2. The van der Waals surface area contributed by atoms with Crippen LogP contribution in [0.1, 0.15) is 45.0 Å². The lowest BCUT2D eigenvalue weighted by Gasteiger charge is -2.25. The lowest BCUT2D eigenvalue weighted by Crippen LogP contribution is -2.40. The molecule has 5 nitrogen and oxygen atoms in total. The van der Waals surface area contributed by atoms with Gasteiger partial charge in [-0.2, -0.15) is 0 Å². The van der Waals surface area contributed by atoms with Crippen LogP contribution in [0.15, 0.2) is 42.5 Å². The van der Waals surface area contributed by atoms with Crippen molar-refractivity contribution in [2.45, 2.75) is 40.2 Å². The second-order valence-electron chi connectivity index (χ2n) is 8.02. The van der Waals surface area contributed by atoms with Crippen LogP contribution in [0.2, 0.25) is 0 Å². The molecule has 6 heteroatoms. The van der Waals surface area contributed by atoms with Gasteiger partial charge in [-0.05, 0) is 62.2 Å². The molecule has 0 atom stereocenters. The summed E-state index contributed by atoms with van der Waals surface area (Å²) in [6.45, 7) is 9.43. The van der Waals surface area contributed by atoms with Crippen LogP contribution in [0.4, 0.5) is 10.1 Å². The fourth-order valence-corrected chi connectivity index (χ4v) is 2.66. The van der Waals surface area contributed by atoms with Gasteiger partial charge in [0, 0.05) is 22.7 Å². The number of carbonyl (C=O) groups excluding carboxylic acids is 1. The Kier molecular flexibility index (Phi) is 6.33. The summed E-state index contributed by atoms with van der Waals surface area (Å²) in [5.41, 5.74) is 1.99. The Morgan fingerprint density at radius 3 is 2.21 bits per heavy atom. The zero-order valence-corrected chi connectivity index (χ0v) is 16.9. The van der Waals surface area contributed by atoms with Crippen molar-refractivity contribution in [3.8, 4) is 11.1 Å². The van der Waals surface area contributed by atoms with Gasteiger partial charge in [-0.1, -0.05) is 26.0 Å². The minimum atomic E-state index is -0.408. The number of halogens is 1. The van der Waals surface area contributed by atoms with Crippen LogP contribution in [0.3, 0.4) is 0 Å². The molecule has 0 saturated heterocycles. The summed E-state index contributed by atoms with van der Waals surface area (Å²) >= 11 is 0. The Hall–Kier alpha value is -3.02. The van der Waals surface area contributed by atoms with Crippen LogP contribution in [-0.2, 0) is 0 Å². The Morgan fingerprint density at radius 2 is 1.71 bits per heavy atom. The molecule has 3 N–H and O–H groups in total. The summed E-state index contributed by atoms with van der Waals surface area (Å²) in [6.07, 6.45) is 1.07. The third kappa shape index (κ3) is 5.25. The van der Waals surface area contributed by atoms with Crippen molar-refractivity contribution >= 4 is 23.8 Å². The summed E-state index contributed by atoms with van der Waals surface area (Å²) in [5.74, 6) is -0.441. The molecule has 0 aromatic heterocycles. The second kappa shape index (κ2) is 8.33. The molecule has 2 rings (SSSR count). The monoisotopic (exact) mass is 382 g/mol. The molecule has 0 spiro atoms. The highest BCUT2D eigenvalue weighted by Crippen LogP contribution is 2.28. The van der Waals surface area contributed by atoms with Gasteiger partial charge in [0.05, 0.1) is 6.34 Å². The molecule has 0 aliphatic carbocycles. The van der Waals surface area contributed by atoms with E-state index < -0.39 is 5.54 Å². The standard InChI is InChI=1S/C22H27FN4O/c1-14(2)20(25)27(13-24)19-11-16(15-6-8-18(23)9-7-15)10-17(12-19)21(28)26-22(3,4)5/h6-14,24-25H,1-5H3,(H,26,28). The van der Waals surface area contributed by atoms with Crippen molar-refractivity contribution in [1.29, 1.82) is 10.8 Å². The summed E-state index contributed by atoms with van der Waals surface area (Å²) in [7, 11) is 0. The van der Waals surface area contributed by atoms with E-state index in [0.717, 1.165) is 11.9 Å². The number of carbonyl (C=O) groups is 1. The maximum Gasteiger partial charge on any atom is 0.251 e. The Balaban J connectivity index is 2.60. The van der Waals surface area contributed by atoms with Crippen molar-refractivity contribution in [2.24, 2.45) is 5.92 Å². The predicted octanol–water partition coefficient (Wildman–Crippen LogP) is 5.07. The van der Waals surface area contributed by atoms with Crippen LogP contribution in [0, 0.1) is 22.6 Å². The molecule has 1 amide bonds. The Labute approximate surface area is 165 Å². The van der Waals surface area contributed by atoms with E-state index >= 15 is 0 Å². The van der Waals surface area contributed by atoms with Crippen molar-refractivity contribution < 1.29 is 9.18 Å². The van der Waals surface area contributed by atoms with E-state index in [9.17, 15) is 9.18 Å². The predicted molar refractivity (Wildman–Crippen MR) is 113 cm³/mol. The van der Waals surface area contributed by atoms with Gasteiger partial charge < -0.3 is 5.32 Å². The molecular weight excluding hydrogens is 355 g/mol. The number of benzene rings is 2. The lowest BCUT2D eigenvalue weighted by molar-refractivity contribution is 0.0919. The largest absolute Gasteiger partial charge is 0.347 e. The van der Waals surface area contributed by atoms with Gasteiger partial charge in [0.2, 0.25) is 0 Å². The van der Waals surface area contributed by atoms with Gasteiger partial charge in [-0.25, -0.2) is 4.39 Å². The third-order valence-corrected chi connectivity index (χ3v) is 4.06. The van der Waals surface area contributed by atoms with Gasteiger partial charge in [0.15, 0.2) is 0 Å². The van der Waals surface area contributed by atoms with E-state index in [2.05, 4.69) is 5.32 Å². The number of hydrogen-bond acceptors (Lipinski definition) is 3. The van der Waals surface area contributed by atoms with E-state index in [0.29, 0.717) is 16.8 Å². The number of anilines is 1. The smallest absolute Gasteiger partial charge is 0.251 e. The average molecular weight is 382 g/mol. The number of hydrogen-bond donors (Lipinski definition) is 3. The van der Waals surface area contributed by atoms with Crippen LogP contribution in [0.25, 0.3) is 11.1 Å². The molecular formula is C22H27FN4O. The van der Waals surface area contributed by atoms with Crippen molar-refractivity contribution in [3.05, 3.63) is 53.8 Å². The van der Waals surface area contributed by atoms with Crippen LogP contribution >= 0.6 is 0 Å². The molecule has 2 aromatic carbocycles. The minimum absolute atomic E-state index is 0.0945. The van der Waals surface area contributed by atoms with E-state index in [-0.39, 0.29) is 23.5 Å². The molecule has 0 unspecified atom stereocenters. The molecule has 0 heterocycles. The Morgan fingerprint density at radius 1 is 1.11 bits per heavy atom. The summed E-state index contributed by atoms with van der Waals surface area (Å²) in [4.78, 5) is 14.2. The zero-order valence-electron chi connectivity index (χ0n) is 16.9. The fraction of sp³-hybridized carbons (Fsp3) is 0.318. The quantitative estimate of drug-likeness (QED) is 0.499. The van der Waals surface area contributed by atoms with Gasteiger partial charge in [0.1, 0.15) is 11.7 Å². The van der Waals surface area contributed by atoms with Crippen molar-refractivity contribution in [3.63, 3.8) is 0 Å². The fourth-order valence-electron chi connectivity index (χ4n) is 2.66. The highest BCUT2D eigenvalue weighted by atomic mass is 19.1. The Bertz CT molecular complexity index is 882. The SMILES string of the molecule is CC(C)C(=N)N(C=N)c1cc(C(=O)NC(C)(C)C)cc(-c2ccc(F)cc2)c1. The first-order valence-corrected chi connectivity index (χ1v) is 9.13. The highest BCUT2D eigenvalue weighted by Gasteiger charge is 2.20. The zero-order chi connectivity index (χ0) is 21.1. The van der Waals surface area contributed by atoms with Gasteiger partial charge >= 0.3 is 0 Å². The molecule has 0 fully saturated rings. The molecule has 0 radical (unpaired) electrons. The number of amidine groups is 1. The van der Waals surface area contributed by atoms with Crippen molar-refractivity contribution in [2.75, 3.05) is 4.90 Å². The second-order valence-corrected chi connectivity index (χ2v) is 8.02. The van der Waals surface area contributed by atoms with Crippen LogP contribution in [-0.4, -0.2) is 23.6 Å². The number of rotatable bonds is 5. The number of amides is 1. The van der Waals surface area contributed by atoms with Crippen LogP contribution < -0.4 is 10.2 Å².